The summed E-state index contributed by atoms with van der Waals surface area (Å²) < 4.78 is 0.999. The van der Waals surface area contributed by atoms with Gasteiger partial charge in [0.05, 0.1) is 11.3 Å². The van der Waals surface area contributed by atoms with Crippen LogP contribution >= 0.6 is 15.9 Å². The molecule has 0 spiro atoms. The van der Waals surface area contributed by atoms with Gasteiger partial charge in [-0.05, 0) is 50.9 Å². The second-order valence-electron chi connectivity index (χ2n) is 5.58. The number of halogens is 1. The van der Waals surface area contributed by atoms with Crippen molar-refractivity contribution < 1.29 is 0 Å². The maximum absolute atomic E-state index is 9.16. The molecule has 0 amide bonds. The van der Waals surface area contributed by atoms with E-state index in [0.29, 0.717) is 17.6 Å². The first-order valence-electron chi connectivity index (χ1n) is 7.38. The van der Waals surface area contributed by atoms with E-state index in [-0.39, 0.29) is 0 Å². The van der Waals surface area contributed by atoms with E-state index in [1.807, 2.05) is 18.2 Å². The lowest BCUT2D eigenvalue weighted by molar-refractivity contribution is 0.456. The standard InChI is InChI=1S/C16H22BrN3/c1-12(9-15-5-3-2-4-8-19-15)20-16-10-14(17)7-6-13(16)11-18/h6-7,10,12,15,19-20H,2-5,8-9H2,1H3. The molecule has 1 aliphatic rings. The first-order chi connectivity index (χ1) is 9.69. The third-order valence-electron chi connectivity index (χ3n) is 3.80. The Balaban J connectivity index is 1.95. The number of nitriles is 1. The van der Waals surface area contributed by atoms with Crippen molar-refractivity contribution in [1.29, 1.82) is 5.26 Å². The van der Waals surface area contributed by atoms with Gasteiger partial charge in [0.1, 0.15) is 6.07 Å². The average Bonchev–Trinajstić information content (AvgIpc) is 2.67. The molecule has 108 valence electrons. The van der Waals surface area contributed by atoms with Crippen LogP contribution in [-0.4, -0.2) is 18.6 Å². The van der Waals surface area contributed by atoms with Gasteiger partial charge in [-0.15, -0.1) is 0 Å². The summed E-state index contributed by atoms with van der Waals surface area (Å²) in [6.07, 6.45) is 6.32. The van der Waals surface area contributed by atoms with Crippen molar-refractivity contribution in [1.82, 2.24) is 5.32 Å². The van der Waals surface area contributed by atoms with Crippen LogP contribution in [0.15, 0.2) is 22.7 Å². The number of nitrogens with one attached hydrogen (secondary N) is 2. The van der Waals surface area contributed by atoms with Gasteiger partial charge in [-0.3, -0.25) is 0 Å². The lowest BCUT2D eigenvalue weighted by Crippen LogP contribution is -2.33. The van der Waals surface area contributed by atoms with E-state index in [2.05, 4.69) is 39.6 Å². The van der Waals surface area contributed by atoms with Crippen LogP contribution in [0.1, 0.15) is 44.6 Å². The van der Waals surface area contributed by atoms with E-state index < -0.39 is 0 Å². The predicted octanol–water partition coefficient (Wildman–Crippen LogP) is 4.04. The van der Waals surface area contributed by atoms with Crippen LogP contribution in [0, 0.1) is 11.3 Å². The number of rotatable bonds is 4. The van der Waals surface area contributed by atoms with Crippen molar-refractivity contribution in [2.45, 2.75) is 51.1 Å². The second-order valence-corrected chi connectivity index (χ2v) is 6.50. The van der Waals surface area contributed by atoms with Crippen LogP contribution in [-0.2, 0) is 0 Å². The lowest BCUT2D eigenvalue weighted by Gasteiger charge is -2.22. The van der Waals surface area contributed by atoms with Gasteiger partial charge in [0.2, 0.25) is 0 Å². The van der Waals surface area contributed by atoms with Crippen molar-refractivity contribution >= 4 is 21.6 Å². The van der Waals surface area contributed by atoms with Crippen molar-refractivity contribution in [3.05, 3.63) is 28.2 Å². The van der Waals surface area contributed by atoms with E-state index in [1.165, 1.54) is 25.7 Å². The van der Waals surface area contributed by atoms with Gasteiger partial charge >= 0.3 is 0 Å². The van der Waals surface area contributed by atoms with E-state index in [0.717, 1.165) is 23.1 Å². The third-order valence-corrected chi connectivity index (χ3v) is 4.30. The molecule has 0 saturated carbocycles. The van der Waals surface area contributed by atoms with Gasteiger partial charge in [-0.25, -0.2) is 0 Å². The number of anilines is 1. The SMILES string of the molecule is CC(CC1CCCCCN1)Nc1cc(Br)ccc1C#N. The molecule has 20 heavy (non-hydrogen) atoms. The van der Waals surface area contributed by atoms with Gasteiger partial charge in [-0.1, -0.05) is 28.8 Å². The summed E-state index contributed by atoms with van der Waals surface area (Å²) >= 11 is 3.46. The maximum atomic E-state index is 9.16. The topological polar surface area (TPSA) is 47.8 Å². The number of hydrogen-bond donors (Lipinski definition) is 2. The Labute approximate surface area is 129 Å². The highest BCUT2D eigenvalue weighted by Gasteiger charge is 2.15. The van der Waals surface area contributed by atoms with Crippen molar-refractivity contribution in [2.75, 3.05) is 11.9 Å². The molecule has 1 aromatic carbocycles. The Bertz CT molecular complexity index is 473. The predicted molar refractivity (Wildman–Crippen MR) is 86.8 cm³/mol. The third kappa shape index (κ3) is 4.50. The Morgan fingerprint density at radius 3 is 3.10 bits per heavy atom. The fraction of sp³-hybridized carbons (Fsp3) is 0.562. The molecule has 1 fully saturated rings. The Morgan fingerprint density at radius 1 is 1.45 bits per heavy atom. The summed E-state index contributed by atoms with van der Waals surface area (Å²) in [6.45, 7) is 3.33. The van der Waals surface area contributed by atoms with E-state index in [9.17, 15) is 0 Å². The zero-order chi connectivity index (χ0) is 14.4. The monoisotopic (exact) mass is 335 g/mol. The molecule has 2 N–H and O–H groups in total. The Hall–Kier alpha value is -1.05. The highest BCUT2D eigenvalue weighted by Crippen LogP contribution is 2.23. The normalized spacial score (nSPS) is 20.8. The molecular formula is C16H22BrN3. The van der Waals surface area contributed by atoms with Crippen LogP contribution < -0.4 is 10.6 Å². The summed E-state index contributed by atoms with van der Waals surface area (Å²) in [4.78, 5) is 0. The largest absolute Gasteiger partial charge is 0.381 e. The van der Waals surface area contributed by atoms with Crippen LogP contribution in [0.2, 0.25) is 0 Å². The quantitative estimate of drug-likeness (QED) is 0.872. The fourth-order valence-corrected chi connectivity index (χ4v) is 3.15. The minimum atomic E-state index is 0.354. The Morgan fingerprint density at radius 2 is 2.30 bits per heavy atom. The van der Waals surface area contributed by atoms with Gasteiger partial charge in [-0.2, -0.15) is 5.26 Å². The van der Waals surface area contributed by atoms with Crippen molar-refractivity contribution in [2.24, 2.45) is 0 Å². The van der Waals surface area contributed by atoms with Crippen LogP contribution in [0.5, 0.6) is 0 Å². The second kappa shape index (κ2) is 7.66. The minimum Gasteiger partial charge on any atom is -0.381 e. The molecule has 1 saturated heterocycles. The number of hydrogen-bond acceptors (Lipinski definition) is 3. The molecule has 1 aromatic rings. The minimum absolute atomic E-state index is 0.354. The fourth-order valence-electron chi connectivity index (χ4n) is 2.79. The molecule has 1 heterocycles. The highest BCUT2D eigenvalue weighted by molar-refractivity contribution is 9.10. The van der Waals surface area contributed by atoms with Crippen molar-refractivity contribution in [3.63, 3.8) is 0 Å². The smallest absolute Gasteiger partial charge is 0.101 e. The molecular weight excluding hydrogens is 314 g/mol. The number of nitrogens with zero attached hydrogens (tertiary/aromatic N) is 1. The summed E-state index contributed by atoms with van der Waals surface area (Å²) in [5.74, 6) is 0. The van der Waals surface area contributed by atoms with Gasteiger partial charge < -0.3 is 10.6 Å². The van der Waals surface area contributed by atoms with Gasteiger partial charge in [0.25, 0.3) is 0 Å². The van der Waals surface area contributed by atoms with Gasteiger partial charge in [0.15, 0.2) is 0 Å². The molecule has 2 unspecified atom stereocenters. The van der Waals surface area contributed by atoms with Gasteiger partial charge in [0, 0.05) is 16.6 Å². The van der Waals surface area contributed by atoms with E-state index in [4.69, 9.17) is 5.26 Å². The molecule has 1 aliphatic heterocycles. The van der Waals surface area contributed by atoms with Crippen LogP contribution in [0.3, 0.4) is 0 Å². The molecule has 2 atom stereocenters. The molecule has 0 radical (unpaired) electrons. The molecule has 0 bridgehead atoms. The highest BCUT2D eigenvalue weighted by atomic mass is 79.9. The Kier molecular flexibility index (Phi) is 5.87. The first kappa shape index (κ1) is 15.3. The molecule has 4 heteroatoms. The number of benzene rings is 1. The maximum Gasteiger partial charge on any atom is 0.101 e. The summed E-state index contributed by atoms with van der Waals surface area (Å²) in [6, 6.07) is 8.93. The van der Waals surface area contributed by atoms with Crippen LogP contribution in [0.25, 0.3) is 0 Å². The van der Waals surface area contributed by atoms with E-state index in [1.54, 1.807) is 0 Å². The molecule has 3 nitrogen and oxygen atoms in total. The van der Waals surface area contributed by atoms with E-state index >= 15 is 0 Å². The summed E-state index contributed by atoms with van der Waals surface area (Å²) in [7, 11) is 0. The molecule has 0 aliphatic carbocycles. The average molecular weight is 336 g/mol. The zero-order valence-electron chi connectivity index (χ0n) is 12.0. The summed E-state index contributed by atoms with van der Waals surface area (Å²) in [5, 5.41) is 16.3. The molecule has 2 rings (SSSR count). The zero-order valence-corrected chi connectivity index (χ0v) is 13.5. The van der Waals surface area contributed by atoms with Crippen molar-refractivity contribution in [3.8, 4) is 6.07 Å². The first-order valence-corrected chi connectivity index (χ1v) is 8.18. The molecule has 0 aromatic heterocycles. The summed E-state index contributed by atoms with van der Waals surface area (Å²) in [5.41, 5.74) is 1.62. The van der Waals surface area contributed by atoms with Crippen LogP contribution in [0.4, 0.5) is 5.69 Å². The lowest BCUT2D eigenvalue weighted by atomic mass is 10.0.